The molecule has 0 aliphatic carbocycles. The molecule has 2 amide bonds. The maximum atomic E-state index is 12.1. The summed E-state index contributed by atoms with van der Waals surface area (Å²) in [7, 11) is 0. The highest BCUT2D eigenvalue weighted by molar-refractivity contribution is 5.82. The van der Waals surface area contributed by atoms with E-state index < -0.39 is 12.1 Å². The average Bonchev–Trinajstić information content (AvgIpc) is 2.92. The molecular formula is C28H44N6O6. The molecule has 0 aliphatic rings. The van der Waals surface area contributed by atoms with Crippen LogP contribution in [-0.4, -0.2) is 83.6 Å². The fourth-order valence-corrected chi connectivity index (χ4v) is 3.95. The first-order valence-electron chi connectivity index (χ1n) is 13.7. The van der Waals surface area contributed by atoms with Crippen molar-refractivity contribution >= 4 is 11.8 Å². The zero-order valence-electron chi connectivity index (χ0n) is 22.9. The number of nitrogens with one attached hydrogen (secondary N) is 4. The standard InChI is InChI=1S/C28H44N6O6/c29-21(15-19-5-7-23(35)25(37)17-19)27(39)33-13-3-11-31-9-1-2-10-32-12-4-14-34-28(40)22(30)16-20-6-8-24(36)26(38)18-20/h5-8,17-18,21-22,31-32,35-38H,1-4,9-16,29-30H2,(H,33,39)(H,34,40)/t21-,22-/m0/s1. The molecule has 0 unspecified atom stereocenters. The topological polar surface area (TPSA) is 215 Å². The van der Waals surface area contributed by atoms with Crippen LogP contribution in [0.4, 0.5) is 0 Å². The number of rotatable bonds is 19. The van der Waals surface area contributed by atoms with E-state index in [-0.39, 0.29) is 47.7 Å². The summed E-state index contributed by atoms with van der Waals surface area (Å²) < 4.78 is 0. The summed E-state index contributed by atoms with van der Waals surface area (Å²) in [5.41, 5.74) is 13.2. The first-order valence-corrected chi connectivity index (χ1v) is 13.7. The lowest BCUT2D eigenvalue weighted by Gasteiger charge is -2.13. The molecule has 2 atom stereocenters. The Hall–Kier alpha value is -3.58. The first kappa shape index (κ1) is 32.6. The third-order valence-corrected chi connectivity index (χ3v) is 6.28. The Morgan fingerprint density at radius 2 is 0.950 bits per heavy atom. The number of aromatic hydroxyl groups is 4. The molecule has 0 heterocycles. The van der Waals surface area contributed by atoms with Gasteiger partial charge in [-0.1, -0.05) is 12.1 Å². The van der Waals surface area contributed by atoms with Crippen molar-refractivity contribution in [2.45, 2.75) is 50.6 Å². The molecule has 0 fully saturated rings. The molecular weight excluding hydrogens is 516 g/mol. The molecule has 2 aromatic carbocycles. The molecule has 0 aliphatic heterocycles. The molecule has 2 aromatic rings. The number of phenolic OH excluding ortho intramolecular Hbond substituents is 4. The van der Waals surface area contributed by atoms with Gasteiger partial charge in [0.15, 0.2) is 23.0 Å². The predicted octanol–water partition coefficient (Wildman–Crippen LogP) is -0.0792. The Bertz CT molecular complexity index is 986. The number of carbonyl (C=O) groups is 2. The third kappa shape index (κ3) is 12.5. The van der Waals surface area contributed by atoms with E-state index in [9.17, 15) is 30.0 Å². The molecule has 0 saturated heterocycles. The van der Waals surface area contributed by atoms with E-state index in [0.717, 1.165) is 51.9 Å². The van der Waals surface area contributed by atoms with Crippen LogP contribution in [0.1, 0.15) is 36.8 Å². The van der Waals surface area contributed by atoms with Crippen LogP contribution in [0.5, 0.6) is 23.0 Å². The van der Waals surface area contributed by atoms with Crippen LogP contribution in [-0.2, 0) is 22.4 Å². The summed E-state index contributed by atoms with van der Waals surface area (Å²) in [4.78, 5) is 24.3. The van der Waals surface area contributed by atoms with Gasteiger partial charge in [0, 0.05) is 13.1 Å². The lowest BCUT2D eigenvalue weighted by molar-refractivity contribution is -0.123. The Morgan fingerprint density at radius 1 is 0.575 bits per heavy atom. The minimum absolute atomic E-state index is 0.210. The number of unbranched alkanes of at least 4 members (excludes halogenated alkanes) is 1. The van der Waals surface area contributed by atoms with E-state index in [4.69, 9.17) is 11.5 Å². The highest BCUT2D eigenvalue weighted by atomic mass is 16.3. The van der Waals surface area contributed by atoms with Gasteiger partial charge in [0.1, 0.15) is 0 Å². The van der Waals surface area contributed by atoms with Gasteiger partial charge in [0.05, 0.1) is 12.1 Å². The number of carbonyl (C=O) groups excluding carboxylic acids is 2. The largest absolute Gasteiger partial charge is 0.504 e. The minimum atomic E-state index is -0.731. The van der Waals surface area contributed by atoms with Gasteiger partial charge in [-0.15, -0.1) is 0 Å². The summed E-state index contributed by atoms with van der Waals surface area (Å²) in [5.74, 6) is -1.40. The van der Waals surface area contributed by atoms with Gasteiger partial charge in [-0.3, -0.25) is 9.59 Å². The van der Waals surface area contributed by atoms with Gasteiger partial charge in [0.25, 0.3) is 0 Å². The van der Waals surface area contributed by atoms with E-state index in [1.54, 1.807) is 12.1 Å². The SMILES string of the molecule is N[C@@H](Cc1ccc(O)c(O)c1)C(=O)NCCCNCCCCNCCCNC(=O)[C@@H](N)Cc1ccc(O)c(O)c1. The van der Waals surface area contributed by atoms with Crippen LogP contribution < -0.4 is 32.7 Å². The Morgan fingerprint density at radius 3 is 1.32 bits per heavy atom. The van der Waals surface area contributed by atoms with Crippen molar-refractivity contribution in [2.24, 2.45) is 11.5 Å². The van der Waals surface area contributed by atoms with E-state index in [2.05, 4.69) is 21.3 Å². The molecule has 0 spiro atoms. The minimum Gasteiger partial charge on any atom is -0.504 e. The van der Waals surface area contributed by atoms with E-state index in [0.29, 0.717) is 24.2 Å². The van der Waals surface area contributed by atoms with E-state index >= 15 is 0 Å². The summed E-state index contributed by atoms with van der Waals surface area (Å²) in [6.45, 7) is 4.36. The summed E-state index contributed by atoms with van der Waals surface area (Å²) in [6.07, 6.45) is 4.13. The average molecular weight is 561 g/mol. The van der Waals surface area contributed by atoms with Crippen molar-refractivity contribution in [3.63, 3.8) is 0 Å². The molecule has 0 aromatic heterocycles. The second-order valence-corrected chi connectivity index (χ2v) is 9.76. The van der Waals surface area contributed by atoms with Crippen molar-refractivity contribution < 1.29 is 30.0 Å². The molecule has 222 valence electrons. The van der Waals surface area contributed by atoms with Gasteiger partial charge >= 0.3 is 0 Å². The van der Waals surface area contributed by atoms with Gasteiger partial charge in [-0.2, -0.15) is 0 Å². The lowest BCUT2D eigenvalue weighted by Crippen LogP contribution is -2.42. The van der Waals surface area contributed by atoms with Crippen molar-refractivity contribution in [2.75, 3.05) is 39.3 Å². The Kier molecular flexibility index (Phi) is 14.6. The van der Waals surface area contributed by atoms with E-state index in [1.807, 2.05) is 0 Å². The van der Waals surface area contributed by atoms with Crippen molar-refractivity contribution in [1.29, 1.82) is 0 Å². The fraction of sp³-hybridized carbons (Fsp3) is 0.500. The van der Waals surface area contributed by atoms with Gasteiger partial charge in [0.2, 0.25) is 11.8 Å². The van der Waals surface area contributed by atoms with Crippen LogP contribution in [0.25, 0.3) is 0 Å². The van der Waals surface area contributed by atoms with Crippen LogP contribution in [0.3, 0.4) is 0 Å². The zero-order valence-corrected chi connectivity index (χ0v) is 22.9. The Balaban J connectivity index is 1.38. The Labute approximate surface area is 235 Å². The highest BCUT2D eigenvalue weighted by Crippen LogP contribution is 2.26. The smallest absolute Gasteiger partial charge is 0.237 e. The van der Waals surface area contributed by atoms with Crippen LogP contribution >= 0.6 is 0 Å². The predicted molar refractivity (Wildman–Crippen MR) is 153 cm³/mol. The summed E-state index contributed by atoms with van der Waals surface area (Å²) in [6, 6.07) is 7.32. The molecule has 0 radical (unpaired) electrons. The summed E-state index contributed by atoms with van der Waals surface area (Å²) in [5, 5.41) is 50.1. The monoisotopic (exact) mass is 560 g/mol. The molecule has 2 rings (SSSR count). The van der Waals surface area contributed by atoms with Gasteiger partial charge < -0.3 is 53.2 Å². The van der Waals surface area contributed by atoms with Crippen molar-refractivity contribution in [1.82, 2.24) is 21.3 Å². The second kappa shape index (κ2) is 17.9. The first-order chi connectivity index (χ1) is 19.2. The van der Waals surface area contributed by atoms with Gasteiger partial charge in [-0.05, 0) is 100 Å². The van der Waals surface area contributed by atoms with Gasteiger partial charge in [-0.25, -0.2) is 0 Å². The molecule has 12 N–H and O–H groups in total. The quantitative estimate of drug-likeness (QED) is 0.0814. The number of benzene rings is 2. The lowest BCUT2D eigenvalue weighted by atomic mass is 10.1. The van der Waals surface area contributed by atoms with Crippen LogP contribution in [0.2, 0.25) is 0 Å². The fourth-order valence-electron chi connectivity index (χ4n) is 3.95. The molecule has 12 heteroatoms. The van der Waals surface area contributed by atoms with Crippen molar-refractivity contribution in [3.8, 4) is 23.0 Å². The third-order valence-electron chi connectivity index (χ3n) is 6.28. The van der Waals surface area contributed by atoms with E-state index in [1.165, 1.54) is 24.3 Å². The zero-order chi connectivity index (χ0) is 29.3. The number of phenols is 4. The van der Waals surface area contributed by atoms with Crippen molar-refractivity contribution in [3.05, 3.63) is 47.5 Å². The number of nitrogens with two attached hydrogens (primary N) is 2. The number of hydrogen-bond donors (Lipinski definition) is 10. The molecule has 0 saturated carbocycles. The highest BCUT2D eigenvalue weighted by Gasteiger charge is 2.15. The second-order valence-electron chi connectivity index (χ2n) is 9.76. The number of hydrogen-bond acceptors (Lipinski definition) is 10. The maximum absolute atomic E-state index is 12.1. The summed E-state index contributed by atoms with van der Waals surface area (Å²) >= 11 is 0. The van der Waals surface area contributed by atoms with Crippen LogP contribution in [0, 0.1) is 0 Å². The molecule has 40 heavy (non-hydrogen) atoms. The maximum Gasteiger partial charge on any atom is 0.237 e. The normalized spacial score (nSPS) is 12.6. The molecule has 12 nitrogen and oxygen atoms in total. The number of amides is 2. The van der Waals surface area contributed by atoms with Crippen LogP contribution in [0.15, 0.2) is 36.4 Å². The molecule has 0 bridgehead atoms.